The standard InChI is InChI=1S/C22H32N2O4S/c1-3-4-5-6-7-8-9-20(25)24(2)14-15-28-18-12-10-17(11-13-18)16-19-21(26)23-22(27)29-19/h10-13,26H,3-9,14-16H2,1-2H3,(H,23,27). The van der Waals surface area contributed by atoms with Crippen LogP contribution in [0.25, 0.3) is 0 Å². The number of H-pyrrole nitrogens is 1. The maximum absolute atomic E-state index is 12.1. The molecule has 0 aliphatic carbocycles. The highest BCUT2D eigenvalue weighted by Gasteiger charge is 2.09. The van der Waals surface area contributed by atoms with Crippen molar-refractivity contribution in [2.75, 3.05) is 20.2 Å². The summed E-state index contributed by atoms with van der Waals surface area (Å²) in [6.07, 6.45) is 8.18. The van der Waals surface area contributed by atoms with Gasteiger partial charge in [0.05, 0.1) is 11.4 Å². The topological polar surface area (TPSA) is 82.6 Å². The van der Waals surface area contributed by atoms with E-state index in [-0.39, 0.29) is 16.7 Å². The number of benzene rings is 1. The molecule has 0 aliphatic heterocycles. The van der Waals surface area contributed by atoms with Gasteiger partial charge in [-0.2, -0.15) is 0 Å². The Hall–Kier alpha value is -2.28. The van der Waals surface area contributed by atoms with Gasteiger partial charge < -0.3 is 14.7 Å². The second-order valence-corrected chi connectivity index (χ2v) is 8.36. The lowest BCUT2D eigenvalue weighted by atomic mass is 10.1. The lowest BCUT2D eigenvalue weighted by Crippen LogP contribution is -2.30. The van der Waals surface area contributed by atoms with E-state index in [0.717, 1.165) is 35.5 Å². The number of likely N-dealkylation sites (N-methyl/N-ethyl adjacent to an activating group) is 1. The molecule has 0 spiro atoms. The molecule has 1 aromatic heterocycles. The molecule has 2 rings (SSSR count). The highest BCUT2D eigenvalue weighted by Crippen LogP contribution is 2.21. The molecule has 0 radical (unpaired) electrons. The molecule has 1 amide bonds. The number of hydrogen-bond acceptors (Lipinski definition) is 5. The summed E-state index contributed by atoms with van der Waals surface area (Å²) in [5.41, 5.74) is 0.981. The third kappa shape index (κ3) is 8.31. The number of nitrogens with one attached hydrogen (secondary N) is 1. The molecule has 160 valence electrons. The minimum Gasteiger partial charge on any atom is -0.494 e. The van der Waals surface area contributed by atoms with Crippen molar-refractivity contribution in [2.24, 2.45) is 0 Å². The van der Waals surface area contributed by atoms with E-state index in [1.165, 1.54) is 25.7 Å². The molecule has 0 bridgehead atoms. The van der Waals surface area contributed by atoms with Gasteiger partial charge in [-0.3, -0.25) is 14.6 Å². The lowest BCUT2D eigenvalue weighted by Gasteiger charge is -2.17. The zero-order chi connectivity index (χ0) is 21.1. The summed E-state index contributed by atoms with van der Waals surface area (Å²) in [6.45, 7) is 3.20. The first-order chi connectivity index (χ1) is 14.0. The fraction of sp³-hybridized carbons (Fsp3) is 0.545. The summed E-state index contributed by atoms with van der Waals surface area (Å²) in [7, 11) is 1.82. The second-order valence-electron chi connectivity index (χ2n) is 7.29. The Balaban J connectivity index is 1.65. The number of aromatic nitrogens is 1. The summed E-state index contributed by atoms with van der Waals surface area (Å²) in [5.74, 6) is 0.843. The highest BCUT2D eigenvalue weighted by atomic mass is 32.1. The minimum atomic E-state index is -0.257. The van der Waals surface area contributed by atoms with Gasteiger partial charge in [0, 0.05) is 19.9 Å². The molecule has 0 unspecified atom stereocenters. The fourth-order valence-corrected chi connectivity index (χ4v) is 3.79. The average molecular weight is 421 g/mol. The number of hydrogen-bond donors (Lipinski definition) is 2. The van der Waals surface area contributed by atoms with Gasteiger partial charge in [0.25, 0.3) is 0 Å². The molecule has 0 fully saturated rings. The number of aromatic hydroxyl groups is 1. The predicted octanol–water partition coefficient (Wildman–Crippen LogP) is 4.32. The number of carbonyl (C=O) groups is 1. The highest BCUT2D eigenvalue weighted by molar-refractivity contribution is 7.09. The number of nitrogens with zero attached hydrogens (tertiary/aromatic N) is 1. The molecule has 1 aromatic carbocycles. The van der Waals surface area contributed by atoms with Gasteiger partial charge in [-0.05, 0) is 24.1 Å². The third-order valence-corrected chi connectivity index (χ3v) is 5.73. The molecular formula is C22H32N2O4S. The number of aromatic amines is 1. The van der Waals surface area contributed by atoms with Crippen LogP contribution in [0.15, 0.2) is 29.1 Å². The van der Waals surface area contributed by atoms with E-state index in [1.807, 2.05) is 31.3 Å². The summed E-state index contributed by atoms with van der Waals surface area (Å²) in [6, 6.07) is 7.54. The van der Waals surface area contributed by atoms with Gasteiger partial charge in [-0.15, -0.1) is 0 Å². The van der Waals surface area contributed by atoms with Crippen molar-refractivity contribution in [3.8, 4) is 11.6 Å². The van der Waals surface area contributed by atoms with E-state index >= 15 is 0 Å². The fourth-order valence-electron chi connectivity index (χ4n) is 3.03. The van der Waals surface area contributed by atoms with E-state index in [2.05, 4.69) is 11.9 Å². The molecule has 0 saturated heterocycles. The number of carbonyl (C=O) groups excluding carboxylic acids is 1. The van der Waals surface area contributed by atoms with Crippen LogP contribution in [0.1, 0.15) is 62.3 Å². The second kappa shape index (κ2) is 12.3. The normalized spacial score (nSPS) is 10.8. The molecule has 1 heterocycles. The van der Waals surface area contributed by atoms with Gasteiger partial charge in [-0.1, -0.05) is 62.5 Å². The van der Waals surface area contributed by atoms with Crippen LogP contribution in [0.2, 0.25) is 0 Å². The lowest BCUT2D eigenvalue weighted by molar-refractivity contribution is -0.130. The van der Waals surface area contributed by atoms with E-state index in [9.17, 15) is 14.7 Å². The number of unbranched alkanes of at least 4 members (excludes halogenated alkanes) is 5. The summed E-state index contributed by atoms with van der Waals surface area (Å²) in [4.78, 5) is 27.9. The molecule has 0 saturated carbocycles. The first-order valence-electron chi connectivity index (χ1n) is 10.4. The van der Waals surface area contributed by atoms with Crippen LogP contribution in [0.5, 0.6) is 11.6 Å². The molecule has 2 N–H and O–H groups in total. The maximum Gasteiger partial charge on any atom is 0.307 e. The van der Waals surface area contributed by atoms with E-state index < -0.39 is 0 Å². The molecule has 2 aromatic rings. The van der Waals surface area contributed by atoms with Crippen molar-refractivity contribution in [1.29, 1.82) is 0 Å². The Morgan fingerprint density at radius 2 is 1.83 bits per heavy atom. The quantitative estimate of drug-likeness (QED) is 0.473. The third-order valence-electron chi connectivity index (χ3n) is 4.85. The van der Waals surface area contributed by atoms with Gasteiger partial charge >= 0.3 is 4.87 Å². The predicted molar refractivity (Wildman–Crippen MR) is 117 cm³/mol. The van der Waals surface area contributed by atoms with E-state index in [4.69, 9.17) is 4.74 Å². The average Bonchev–Trinajstić information content (AvgIpc) is 3.02. The van der Waals surface area contributed by atoms with Crippen molar-refractivity contribution in [3.05, 3.63) is 44.4 Å². The first-order valence-corrected chi connectivity index (χ1v) is 11.2. The van der Waals surface area contributed by atoms with E-state index in [1.54, 1.807) is 4.90 Å². The van der Waals surface area contributed by atoms with Crippen LogP contribution >= 0.6 is 11.3 Å². The van der Waals surface area contributed by atoms with Gasteiger partial charge in [0.2, 0.25) is 11.8 Å². The largest absolute Gasteiger partial charge is 0.494 e. The Morgan fingerprint density at radius 1 is 1.14 bits per heavy atom. The molecular weight excluding hydrogens is 388 g/mol. The number of rotatable bonds is 13. The Labute approximate surface area is 176 Å². The maximum atomic E-state index is 12.1. The van der Waals surface area contributed by atoms with Crippen LogP contribution in [-0.2, 0) is 11.2 Å². The number of thiazole rings is 1. The molecule has 7 heteroatoms. The summed E-state index contributed by atoms with van der Waals surface area (Å²) in [5, 5.41) is 9.66. The molecule has 0 atom stereocenters. The van der Waals surface area contributed by atoms with Crippen LogP contribution in [-0.4, -0.2) is 41.1 Å². The zero-order valence-electron chi connectivity index (χ0n) is 17.4. The monoisotopic (exact) mass is 420 g/mol. The van der Waals surface area contributed by atoms with Crippen molar-refractivity contribution in [2.45, 2.75) is 58.3 Å². The van der Waals surface area contributed by atoms with Crippen molar-refractivity contribution in [3.63, 3.8) is 0 Å². The van der Waals surface area contributed by atoms with Crippen LogP contribution in [0.3, 0.4) is 0 Å². The van der Waals surface area contributed by atoms with Crippen LogP contribution in [0, 0.1) is 0 Å². The van der Waals surface area contributed by atoms with E-state index in [0.29, 0.717) is 30.9 Å². The smallest absolute Gasteiger partial charge is 0.307 e. The number of ether oxygens (including phenoxy) is 1. The van der Waals surface area contributed by atoms with Crippen molar-refractivity contribution in [1.82, 2.24) is 9.88 Å². The van der Waals surface area contributed by atoms with Gasteiger partial charge in [-0.25, -0.2) is 0 Å². The first kappa shape index (κ1) is 23.0. The number of amides is 1. The van der Waals surface area contributed by atoms with Crippen LogP contribution in [0.4, 0.5) is 0 Å². The molecule has 29 heavy (non-hydrogen) atoms. The van der Waals surface area contributed by atoms with Crippen molar-refractivity contribution >= 4 is 17.2 Å². The zero-order valence-corrected chi connectivity index (χ0v) is 18.2. The van der Waals surface area contributed by atoms with Gasteiger partial charge in [0.15, 0.2) is 0 Å². The Morgan fingerprint density at radius 3 is 2.48 bits per heavy atom. The SMILES string of the molecule is CCCCCCCCC(=O)N(C)CCOc1ccc(Cc2sc(=O)[nH]c2O)cc1. The Bertz CT molecular complexity index is 798. The minimum absolute atomic E-state index is 0.0611. The molecule has 6 nitrogen and oxygen atoms in total. The van der Waals surface area contributed by atoms with Crippen molar-refractivity contribution < 1.29 is 14.6 Å². The molecule has 0 aliphatic rings. The Kier molecular flexibility index (Phi) is 9.77. The summed E-state index contributed by atoms with van der Waals surface area (Å²) < 4.78 is 5.73. The van der Waals surface area contributed by atoms with Crippen LogP contribution < -0.4 is 9.61 Å². The van der Waals surface area contributed by atoms with Gasteiger partial charge in [0.1, 0.15) is 12.4 Å². The summed E-state index contributed by atoms with van der Waals surface area (Å²) >= 11 is 1.01.